The van der Waals surface area contributed by atoms with Crippen LogP contribution in [-0.4, -0.2) is 23.2 Å². The van der Waals surface area contributed by atoms with Crippen molar-refractivity contribution in [2.45, 2.75) is 31.9 Å². The van der Waals surface area contributed by atoms with Gasteiger partial charge in [0.25, 0.3) is 0 Å². The van der Waals surface area contributed by atoms with Gasteiger partial charge in [-0.15, -0.1) is 0 Å². The van der Waals surface area contributed by atoms with Crippen molar-refractivity contribution in [1.29, 1.82) is 0 Å². The van der Waals surface area contributed by atoms with E-state index < -0.39 is 11.7 Å². The van der Waals surface area contributed by atoms with E-state index in [0.29, 0.717) is 23.3 Å². The summed E-state index contributed by atoms with van der Waals surface area (Å²) in [5, 5.41) is 1.02. The van der Waals surface area contributed by atoms with Crippen LogP contribution in [0.2, 0.25) is 0 Å². The maximum absolute atomic E-state index is 13.3. The lowest BCUT2D eigenvalue weighted by molar-refractivity contribution is -0.136. The van der Waals surface area contributed by atoms with Gasteiger partial charge in [-0.25, -0.2) is 0 Å². The fraction of sp³-hybridized carbons (Fsp3) is 0.389. The number of nitrogens with zero attached hydrogens (tertiary/aromatic N) is 1. The molecule has 1 fully saturated rings. The van der Waals surface area contributed by atoms with E-state index in [2.05, 4.69) is 9.97 Å². The average Bonchev–Trinajstić information content (AvgIpc) is 2.99. The first-order chi connectivity index (χ1) is 11.4. The maximum atomic E-state index is 13.3. The Morgan fingerprint density at radius 2 is 2.08 bits per heavy atom. The van der Waals surface area contributed by atoms with Gasteiger partial charge in [0.1, 0.15) is 0 Å². The number of nitrogens with one attached hydrogen (secondary N) is 1. The minimum atomic E-state index is -4.39. The van der Waals surface area contributed by atoms with Crippen LogP contribution in [0.1, 0.15) is 35.7 Å². The third kappa shape index (κ3) is 2.55. The Morgan fingerprint density at radius 1 is 1.25 bits per heavy atom. The van der Waals surface area contributed by atoms with E-state index in [4.69, 9.17) is 4.74 Å². The van der Waals surface area contributed by atoms with E-state index in [1.165, 1.54) is 6.07 Å². The second kappa shape index (κ2) is 5.48. The second-order valence-corrected chi connectivity index (χ2v) is 6.38. The van der Waals surface area contributed by atoms with Crippen LogP contribution >= 0.6 is 0 Å². The van der Waals surface area contributed by atoms with Gasteiger partial charge in [0.2, 0.25) is 0 Å². The summed E-state index contributed by atoms with van der Waals surface area (Å²) in [4.78, 5) is 7.72. The highest BCUT2D eigenvalue weighted by atomic mass is 19.4. The number of aryl methyl sites for hydroxylation is 1. The number of fused-ring (bicyclic) bond motifs is 3. The van der Waals surface area contributed by atoms with Crippen LogP contribution in [0.4, 0.5) is 13.2 Å². The molecular formula is C18H17F3N2O. The average molecular weight is 334 g/mol. The predicted molar refractivity (Wildman–Crippen MR) is 86.1 cm³/mol. The van der Waals surface area contributed by atoms with Crippen LogP contribution in [0.25, 0.3) is 21.8 Å². The minimum absolute atomic E-state index is 0.158. The first-order valence-electron chi connectivity index (χ1n) is 8.01. The van der Waals surface area contributed by atoms with Crippen molar-refractivity contribution < 1.29 is 17.9 Å². The highest BCUT2D eigenvalue weighted by molar-refractivity contribution is 6.04. The first-order valence-corrected chi connectivity index (χ1v) is 8.01. The number of aromatic nitrogens is 2. The zero-order valence-electron chi connectivity index (χ0n) is 13.2. The molecule has 1 aliphatic heterocycles. The minimum Gasteiger partial charge on any atom is -0.381 e. The van der Waals surface area contributed by atoms with Gasteiger partial charge in [0, 0.05) is 34.7 Å². The highest BCUT2D eigenvalue weighted by Gasteiger charge is 2.33. The maximum Gasteiger partial charge on any atom is 0.417 e. The number of H-pyrrole nitrogens is 1. The van der Waals surface area contributed by atoms with Gasteiger partial charge in [-0.05, 0) is 31.9 Å². The summed E-state index contributed by atoms with van der Waals surface area (Å²) < 4.78 is 45.5. The zero-order valence-corrected chi connectivity index (χ0v) is 13.2. The lowest BCUT2D eigenvalue weighted by atomic mass is 9.99. The third-order valence-corrected chi connectivity index (χ3v) is 4.61. The molecule has 0 spiro atoms. The molecule has 0 saturated carbocycles. The normalized spacial score (nSPS) is 19.2. The molecule has 6 heteroatoms. The number of ether oxygens (including phenoxy) is 1. The topological polar surface area (TPSA) is 37.9 Å². The number of hydrogen-bond donors (Lipinski definition) is 1. The van der Waals surface area contributed by atoms with Gasteiger partial charge in [-0.2, -0.15) is 13.2 Å². The number of rotatable bonds is 1. The molecule has 0 bridgehead atoms. The van der Waals surface area contributed by atoms with Gasteiger partial charge in [-0.3, -0.25) is 4.98 Å². The van der Waals surface area contributed by atoms with Crippen LogP contribution < -0.4 is 0 Å². The van der Waals surface area contributed by atoms with E-state index in [1.807, 2.05) is 6.07 Å². The van der Waals surface area contributed by atoms with Crippen molar-refractivity contribution in [3.05, 3.63) is 41.2 Å². The predicted octanol–water partition coefficient (Wildman–Crippen LogP) is 4.94. The molecule has 1 atom stereocenters. The van der Waals surface area contributed by atoms with Gasteiger partial charge >= 0.3 is 6.18 Å². The van der Waals surface area contributed by atoms with Crippen molar-refractivity contribution in [3.8, 4) is 0 Å². The van der Waals surface area contributed by atoms with Gasteiger partial charge < -0.3 is 9.72 Å². The molecule has 0 amide bonds. The number of aromatic amines is 1. The second-order valence-electron chi connectivity index (χ2n) is 6.38. The Kier molecular flexibility index (Phi) is 3.53. The van der Waals surface area contributed by atoms with Crippen molar-refractivity contribution in [2.75, 3.05) is 13.2 Å². The van der Waals surface area contributed by atoms with E-state index in [9.17, 15) is 13.2 Å². The van der Waals surface area contributed by atoms with Crippen molar-refractivity contribution in [3.63, 3.8) is 0 Å². The largest absolute Gasteiger partial charge is 0.417 e. The SMILES string of the molecule is Cc1cc(C(F)(F)F)c2ccc3cc(C4CCCOC4)nc3c2[nH]1. The van der Waals surface area contributed by atoms with Crippen molar-refractivity contribution in [2.24, 2.45) is 0 Å². The number of halogens is 3. The Bertz CT molecular complexity index is 908. The molecule has 1 aromatic carbocycles. The molecule has 0 radical (unpaired) electrons. The van der Waals surface area contributed by atoms with Crippen LogP contribution in [0.3, 0.4) is 0 Å². The van der Waals surface area contributed by atoms with E-state index in [0.717, 1.165) is 36.6 Å². The van der Waals surface area contributed by atoms with E-state index >= 15 is 0 Å². The number of benzene rings is 1. The molecule has 2 aromatic heterocycles. The monoisotopic (exact) mass is 334 g/mol. The molecule has 1 unspecified atom stereocenters. The van der Waals surface area contributed by atoms with Crippen LogP contribution in [0.15, 0.2) is 24.3 Å². The molecule has 126 valence electrons. The fourth-order valence-corrected chi connectivity index (χ4v) is 3.46. The Hall–Kier alpha value is -2.08. The van der Waals surface area contributed by atoms with E-state index in [1.54, 1.807) is 13.0 Å². The van der Waals surface area contributed by atoms with Crippen LogP contribution in [0.5, 0.6) is 0 Å². The third-order valence-electron chi connectivity index (χ3n) is 4.61. The molecule has 3 nitrogen and oxygen atoms in total. The number of pyridine rings is 1. The standard InChI is InChI=1S/C18H17F3N2O/c1-10-7-14(18(19,20)21)13-5-4-11-8-15(12-3-2-6-24-9-12)23-16(11)17(13)22-10/h4-5,7-8,12,22H,2-3,6,9H2,1H3. The van der Waals surface area contributed by atoms with Crippen molar-refractivity contribution in [1.82, 2.24) is 9.97 Å². The summed E-state index contributed by atoms with van der Waals surface area (Å²) in [6.45, 7) is 3.02. The van der Waals surface area contributed by atoms with E-state index in [-0.39, 0.29) is 11.3 Å². The Labute approximate surface area is 136 Å². The molecular weight excluding hydrogens is 317 g/mol. The van der Waals surface area contributed by atoms with Crippen LogP contribution in [-0.2, 0) is 10.9 Å². The molecule has 1 aliphatic rings. The summed E-state index contributed by atoms with van der Waals surface area (Å²) in [7, 11) is 0. The smallest absolute Gasteiger partial charge is 0.381 e. The number of hydrogen-bond acceptors (Lipinski definition) is 2. The number of alkyl halides is 3. The van der Waals surface area contributed by atoms with Crippen LogP contribution in [0, 0.1) is 6.92 Å². The van der Waals surface area contributed by atoms with Gasteiger partial charge in [0.05, 0.1) is 23.2 Å². The first kappa shape index (κ1) is 15.4. The summed E-state index contributed by atoms with van der Waals surface area (Å²) >= 11 is 0. The summed E-state index contributed by atoms with van der Waals surface area (Å²) in [5.74, 6) is 0.216. The van der Waals surface area contributed by atoms with Crippen molar-refractivity contribution >= 4 is 21.8 Å². The Morgan fingerprint density at radius 3 is 2.79 bits per heavy atom. The zero-order chi connectivity index (χ0) is 16.9. The Balaban J connectivity index is 1.93. The fourth-order valence-electron chi connectivity index (χ4n) is 3.46. The lowest BCUT2D eigenvalue weighted by Crippen LogP contribution is -2.15. The lowest BCUT2D eigenvalue weighted by Gasteiger charge is -2.20. The summed E-state index contributed by atoms with van der Waals surface area (Å²) in [5.41, 5.74) is 1.79. The summed E-state index contributed by atoms with van der Waals surface area (Å²) in [6, 6.07) is 6.36. The molecule has 1 saturated heterocycles. The van der Waals surface area contributed by atoms with Gasteiger partial charge in [0.15, 0.2) is 0 Å². The summed E-state index contributed by atoms with van der Waals surface area (Å²) in [6.07, 6.45) is -2.41. The quantitative estimate of drug-likeness (QED) is 0.685. The molecule has 24 heavy (non-hydrogen) atoms. The molecule has 3 heterocycles. The molecule has 3 aromatic rings. The molecule has 4 rings (SSSR count). The highest BCUT2D eigenvalue weighted by Crippen LogP contribution is 2.37. The van der Waals surface area contributed by atoms with Gasteiger partial charge in [-0.1, -0.05) is 12.1 Å². The molecule has 0 aliphatic carbocycles. The molecule has 1 N–H and O–H groups in total.